The van der Waals surface area contributed by atoms with Crippen LogP contribution in [0.25, 0.3) is 6.08 Å². The molecule has 27 heavy (non-hydrogen) atoms. The lowest BCUT2D eigenvalue weighted by Gasteiger charge is -2.07. The molecule has 2 N–H and O–H groups in total. The molecule has 6 nitrogen and oxygen atoms in total. The van der Waals surface area contributed by atoms with Crippen molar-refractivity contribution in [2.45, 2.75) is 0 Å². The average molecular weight is 423 g/mol. The minimum absolute atomic E-state index is 0.222. The Hall–Kier alpha value is -2.48. The van der Waals surface area contributed by atoms with Crippen molar-refractivity contribution in [3.63, 3.8) is 0 Å². The normalized spacial score (nSPS) is 17.1. The highest BCUT2D eigenvalue weighted by atomic mass is 35.5. The van der Waals surface area contributed by atoms with Crippen LogP contribution in [0.4, 0.5) is 5.69 Å². The first-order valence-electron chi connectivity index (χ1n) is 7.54. The fraction of sp³-hybridized carbons (Fsp3) is 0.0556. The minimum Gasteiger partial charge on any atom is -0.507 e. The molecule has 0 unspecified atom stereocenters. The number of aromatic carboxylic acids is 1. The third-order valence-electron chi connectivity index (χ3n) is 3.69. The Bertz CT molecular complexity index is 1020. The Kier molecular flexibility index (Phi) is 5.46. The average Bonchev–Trinajstić information content (AvgIpc) is 2.85. The van der Waals surface area contributed by atoms with Crippen LogP contribution >= 0.6 is 35.0 Å². The van der Waals surface area contributed by atoms with Gasteiger partial charge in [-0.1, -0.05) is 29.3 Å². The highest BCUT2D eigenvalue weighted by Crippen LogP contribution is 2.35. The van der Waals surface area contributed by atoms with Gasteiger partial charge in [0.1, 0.15) is 11.3 Å². The number of halogens is 2. The summed E-state index contributed by atoms with van der Waals surface area (Å²) in [6, 6.07) is 8.91. The number of nitrogens with zero attached hydrogens (tertiary/aromatic N) is 2. The Labute approximate surface area is 168 Å². The van der Waals surface area contributed by atoms with Gasteiger partial charge in [0.25, 0.3) is 5.91 Å². The molecule has 0 aromatic heterocycles. The first-order valence-corrected chi connectivity index (χ1v) is 9.11. The first-order chi connectivity index (χ1) is 12.8. The molecule has 1 aliphatic rings. The van der Waals surface area contributed by atoms with E-state index in [0.717, 1.165) is 11.8 Å². The molecule has 2 aromatic rings. The largest absolute Gasteiger partial charge is 0.507 e. The summed E-state index contributed by atoms with van der Waals surface area (Å²) in [5, 5.41) is 20.0. The molecule has 0 aliphatic carbocycles. The lowest BCUT2D eigenvalue weighted by molar-refractivity contribution is -0.121. The van der Waals surface area contributed by atoms with Gasteiger partial charge in [0.2, 0.25) is 0 Å². The smallest absolute Gasteiger partial charge is 0.339 e. The van der Waals surface area contributed by atoms with Crippen molar-refractivity contribution in [3.05, 3.63) is 62.5 Å². The van der Waals surface area contributed by atoms with E-state index in [0.29, 0.717) is 31.4 Å². The minimum atomic E-state index is -1.24. The Morgan fingerprint density at radius 1 is 1.22 bits per heavy atom. The number of aromatic hydroxyl groups is 1. The summed E-state index contributed by atoms with van der Waals surface area (Å²) in [6.07, 6.45) is 1.65. The van der Waals surface area contributed by atoms with Gasteiger partial charge in [0.15, 0.2) is 5.17 Å². The van der Waals surface area contributed by atoms with E-state index in [9.17, 15) is 14.7 Å². The van der Waals surface area contributed by atoms with Crippen LogP contribution in [0.5, 0.6) is 5.75 Å². The zero-order valence-corrected chi connectivity index (χ0v) is 16.1. The highest BCUT2D eigenvalue weighted by Gasteiger charge is 2.30. The molecule has 9 heteroatoms. The molecule has 1 amide bonds. The van der Waals surface area contributed by atoms with E-state index < -0.39 is 11.7 Å². The number of aliphatic imine (C=N–C) groups is 1. The topological polar surface area (TPSA) is 90.2 Å². The molecule has 1 fully saturated rings. The van der Waals surface area contributed by atoms with Gasteiger partial charge in [-0.3, -0.25) is 9.69 Å². The second-order valence-corrected chi connectivity index (χ2v) is 7.39. The van der Waals surface area contributed by atoms with Crippen molar-refractivity contribution in [3.8, 4) is 5.75 Å². The van der Waals surface area contributed by atoms with E-state index in [1.54, 1.807) is 31.3 Å². The van der Waals surface area contributed by atoms with E-state index in [1.807, 2.05) is 0 Å². The number of benzene rings is 2. The number of amides is 1. The van der Waals surface area contributed by atoms with Crippen LogP contribution in [-0.2, 0) is 4.79 Å². The molecule has 1 aliphatic heterocycles. The summed E-state index contributed by atoms with van der Waals surface area (Å²) in [5.74, 6) is -1.89. The summed E-state index contributed by atoms with van der Waals surface area (Å²) in [6.45, 7) is 0. The third kappa shape index (κ3) is 4.10. The number of hydrogen-bond acceptors (Lipinski definition) is 5. The molecular formula is C18H12Cl2N2O4S. The quantitative estimate of drug-likeness (QED) is 0.703. The number of likely N-dealkylation sites (N-methyl/N-ethyl adjacent to an activating group) is 1. The SMILES string of the molecule is CN1C(=O)/C(=C/c2ccc(Cl)cc2Cl)SC1=Nc1ccc(C(=O)O)c(O)c1. The van der Waals surface area contributed by atoms with Crippen LogP contribution in [-0.4, -0.2) is 39.2 Å². The Morgan fingerprint density at radius 3 is 2.59 bits per heavy atom. The predicted molar refractivity (Wildman–Crippen MR) is 107 cm³/mol. The van der Waals surface area contributed by atoms with E-state index in [2.05, 4.69) is 4.99 Å². The highest BCUT2D eigenvalue weighted by molar-refractivity contribution is 8.18. The number of phenols is 1. The molecule has 2 aromatic carbocycles. The number of carbonyl (C=O) groups excluding carboxylic acids is 1. The van der Waals surface area contributed by atoms with Crippen LogP contribution in [0.1, 0.15) is 15.9 Å². The van der Waals surface area contributed by atoms with E-state index in [-0.39, 0.29) is 11.5 Å². The predicted octanol–water partition coefficient (Wildman–Crippen LogP) is 4.63. The van der Waals surface area contributed by atoms with Gasteiger partial charge in [-0.05, 0) is 47.7 Å². The van der Waals surface area contributed by atoms with E-state index in [1.165, 1.54) is 23.1 Å². The maximum Gasteiger partial charge on any atom is 0.339 e. The van der Waals surface area contributed by atoms with Crippen LogP contribution in [0, 0.1) is 0 Å². The second kappa shape index (κ2) is 7.64. The van der Waals surface area contributed by atoms with Crippen molar-refractivity contribution < 1.29 is 19.8 Å². The van der Waals surface area contributed by atoms with Crippen molar-refractivity contribution in [2.75, 3.05) is 7.05 Å². The number of thioether (sulfide) groups is 1. The summed E-state index contributed by atoms with van der Waals surface area (Å²) in [5.41, 5.74) is 0.751. The van der Waals surface area contributed by atoms with Gasteiger partial charge in [0, 0.05) is 23.2 Å². The third-order valence-corrected chi connectivity index (χ3v) is 5.31. The van der Waals surface area contributed by atoms with Gasteiger partial charge >= 0.3 is 5.97 Å². The number of carboxylic acids is 1. The maximum absolute atomic E-state index is 12.5. The lowest BCUT2D eigenvalue weighted by Crippen LogP contribution is -2.23. The summed E-state index contributed by atoms with van der Waals surface area (Å²) >= 11 is 13.2. The van der Waals surface area contributed by atoms with Crippen LogP contribution in [0.15, 0.2) is 46.3 Å². The summed E-state index contributed by atoms with van der Waals surface area (Å²) < 4.78 is 0. The van der Waals surface area contributed by atoms with Gasteiger partial charge in [-0.25, -0.2) is 9.79 Å². The molecule has 0 bridgehead atoms. The van der Waals surface area contributed by atoms with Crippen molar-refractivity contribution in [1.82, 2.24) is 4.90 Å². The molecule has 0 spiro atoms. The van der Waals surface area contributed by atoms with Crippen molar-refractivity contribution in [1.29, 1.82) is 0 Å². The molecule has 138 valence electrons. The fourth-order valence-corrected chi connectivity index (χ4v) is 3.73. The van der Waals surface area contributed by atoms with Crippen LogP contribution in [0.3, 0.4) is 0 Å². The zero-order valence-electron chi connectivity index (χ0n) is 13.8. The molecular weight excluding hydrogens is 411 g/mol. The van der Waals surface area contributed by atoms with Crippen LogP contribution in [0.2, 0.25) is 10.0 Å². The lowest BCUT2D eigenvalue weighted by atomic mass is 10.2. The molecule has 0 radical (unpaired) electrons. The van der Waals surface area contributed by atoms with E-state index in [4.69, 9.17) is 28.3 Å². The van der Waals surface area contributed by atoms with Gasteiger partial charge in [-0.15, -0.1) is 0 Å². The van der Waals surface area contributed by atoms with Crippen molar-refractivity contribution in [2.24, 2.45) is 4.99 Å². The monoisotopic (exact) mass is 422 g/mol. The number of amidine groups is 1. The molecule has 3 rings (SSSR count). The second-order valence-electron chi connectivity index (χ2n) is 5.54. The fourth-order valence-electron chi connectivity index (χ4n) is 2.29. The van der Waals surface area contributed by atoms with Crippen LogP contribution < -0.4 is 0 Å². The number of rotatable bonds is 3. The maximum atomic E-state index is 12.5. The molecule has 1 heterocycles. The Morgan fingerprint density at radius 2 is 1.96 bits per heavy atom. The summed E-state index contributed by atoms with van der Waals surface area (Å²) in [7, 11) is 1.57. The number of carboxylic acid groups (broad SMARTS) is 1. The summed E-state index contributed by atoms with van der Waals surface area (Å²) in [4.78, 5) is 29.5. The Balaban J connectivity index is 1.91. The molecule has 0 saturated carbocycles. The standard InChI is InChI=1S/C18H12Cl2N2O4S/c1-22-16(24)15(6-9-2-3-10(19)7-13(9)20)27-18(22)21-11-4-5-12(17(25)26)14(23)8-11/h2-8,23H,1H3,(H,25,26)/b15-6-,21-18?. The van der Waals surface area contributed by atoms with E-state index >= 15 is 0 Å². The first kappa shape index (κ1) is 19.3. The van der Waals surface area contributed by atoms with Crippen molar-refractivity contribution >= 4 is 63.8 Å². The molecule has 1 saturated heterocycles. The van der Waals surface area contributed by atoms with Gasteiger partial charge < -0.3 is 10.2 Å². The van der Waals surface area contributed by atoms with Gasteiger partial charge in [0.05, 0.1) is 10.6 Å². The molecule has 0 atom stereocenters. The number of hydrogen-bond donors (Lipinski definition) is 2. The van der Waals surface area contributed by atoms with Gasteiger partial charge in [-0.2, -0.15) is 0 Å². The number of carbonyl (C=O) groups is 2. The zero-order chi connectivity index (χ0) is 19.7.